The summed E-state index contributed by atoms with van der Waals surface area (Å²) < 4.78 is 45.4. The zero-order chi connectivity index (χ0) is 16.8. The molecule has 1 heterocycles. The van der Waals surface area contributed by atoms with Gasteiger partial charge in [-0.3, -0.25) is 9.78 Å². The average molecular weight is 322 g/mol. The number of pyridine rings is 1. The lowest BCUT2D eigenvalue weighted by Crippen LogP contribution is -2.40. The van der Waals surface area contributed by atoms with Crippen molar-refractivity contribution in [2.24, 2.45) is 5.41 Å². The van der Waals surface area contributed by atoms with Gasteiger partial charge in [0.1, 0.15) is 17.5 Å². The number of carbonyl (C=O) groups is 1. The van der Waals surface area contributed by atoms with Gasteiger partial charge in [-0.15, -0.1) is 0 Å². The smallest absolute Gasteiger partial charge is 0.265 e. The van der Waals surface area contributed by atoms with Crippen LogP contribution in [-0.4, -0.2) is 17.9 Å². The minimum absolute atomic E-state index is 0.123. The Labute approximate surface area is 130 Å². The number of alkyl halides is 2. The van der Waals surface area contributed by atoms with Gasteiger partial charge in [0.25, 0.3) is 6.43 Å². The third kappa shape index (κ3) is 2.34. The van der Waals surface area contributed by atoms with E-state index in [1.54, 1.807) is 0 Å². The number of ketones is 1. The minimum atomic E-state index is -2.95. The Morgan fingerprint density at radius 2 is 2.13 bits per heavy atom. The molecule has 0 aromatic carbocycles. The maximum Gasteiger partial charge on any atom is 0.265 e. The molecule has 1 aromatic rings. The van der Waals surface area contributed by atoms with Crippen molar-refractivity contribution in [1.82, 2.24) is 4.98 Å². The first kappa shape index (κ1) is 15.7. The molecule has 0 amide bonds. The van der Waals surface area contributed by atoms with Crippen molar-refractivity contribution < 1.29 is 22.7 Å². The highest BCUT2D eigenvalue weighted by molar-refractivity contribution is 6.06. The molecule has 1 atom stereocenters. The number of carbonyl (C=O) groups excluding carboxylic acids is 1. The van der Waals surface area contributed by atoms with Gasteiger partial charge in [0.2, 0.25) is 0 Å². The lowest BCUT2D eigenvalue weighted by atomic mass is 9.73. The van der Waals surface area contributed by atoms with Gasteiger partial charge in [-0.25, -0.2) is 13.2 Å². The standard InChI is InChI=1S/C16H13F3N2O2/c1-23-16(12-11(14(18)19)4-10(17)7-21-12)5-9(6-20)13(22)15(8-16)2-3-15/h4-5,7,14H,2-3,8H2,1H3. The lowest BCUT2D eigenvalue weighted by Gasteiger charge is -2.37. The summed E-state index contributed by atoms with van der Waals surface area (Å²) in [6, 6.07) is 2.52. The molecule has 1 fully saturated rings. The molecule has 120 valence electrons. The largest absolute Gasteiger partial charge is 0.368 e. The van der Waals surface area contributed by atoms with Crippen LogP contribution in [0.4, 0.5) is 13.2 Å². The van der Waals surface area contributed by atoms with Crippen LogP contribution >= 0.6 is 0 Å². The molecule has 0 N–H and O–H groups in total. The second-order valence-corrected chi connectivity index (χ2v) is 5.94. The molecule has 2 aliphatic carbocycles. The van der Waals surface area contributed by atoms with Crippen LogP contribution in [0.3, 0.4) is 0 Å². The molecule has 23 heavy (non-hydrogen) atoms. The molecular weight excluding hydrogens is 309 g/mol. The SMILES string of the molecule is COC1(c2ncc(F)cc2C(F)F)C=C(C#N)C(=O)C2(CC2)C1. The number of rotatable bonds is 3. The number of halogens is 3. The summed E-state index contributed by atoms with van der Waals surface area (Å²) in [5.41, 5.74) is -3.06. The van der Waals surface area contributed by atoms with E-state index in [4.69, 9.17) is 4.74 Å². The minimum Gasteiger partial charge on any atom is -0.368 e. The molecule has 0 saturated heterocycles. The van der Waals surface area contributed by atoms with Gasteiger partial charge in [-0.2, -0.15) is 5.26 Å². The molecule has 1 spiro atoms. The fourth-order valence-electron chi connectivity index (χ4n) is 3.21. The first-order valence-corrected chi connectivity index (χ1v) is 7.04. The zero-order valence-electron chi connectivity index (χ0n) is 12.3. The maximum absolute atomic E-state index is 13.3. The second-order valence-electron chi connectivity index (χ2n) is 5.94. The van der Waals surface area contributed by atoms with Crippen LogP contribution in [-0.2, 0) is 15.1 Å². The molecule has 0 radical (unpaired) electrons. The monoisotopic (exact) mass is 322 g/mol. The van der Waals surface area contributed by atoms with E-state index < -0.39 is 28.8 Å². The molecule has 4 nitrogen and oxygen atoms in total. The molecule has 2 aliphatic rings. The van der Waals surface area contributed by atoms with Crippen LogP contribution in [0.15, 0.2) is 23.9 Å². The summed E-state index contributed by atoms with van der Waals surface area (Å²) in [4.78, 5) is 16.1. The average Bonchev–Trinajstić information content (AvgIpc) is 3.30. The molecular formula is C16H13F3N2O2. The molecule has 0 bridgehead atoms. The number of hydrogen-bond donors (Lipinski definition) is 0. The third-order valence-corrected chi connectivity index (χ3v) is 4.56. The number of Topliss-reactive ketones (excluding diaryl/α,β-unsaturated/α-hetero) is 1. The fraction of sp³-hybridized carbons (Fsp3) is 0.438. The van der Waals surface area contributed by atoms with Crippen molar-refractivity contribution in [3.05, 3.63) is 41.0 Å². The van der Waals surface area contributed by atoms with Gasteiger partial charge in [0.05, 0.1) is 17.5 Å². The third-order valence-electron chi connectivity index (χ3n) is 4.56. The highest BCUT2D eigenvalue weighted by Crippen LogP contribution is 2.59. The Kier molecular flexibility index (Phi) is 3.52. The molecule has 1 saturated carbocycles. The fourth-order valence-corrected chi connectivity index (χ4v) is 3.21. The number of aromatic nitrogens is 1. The van der Waals surface area contributed by atoms with Crippen molar-refractivity contribution in [2.75, 3.05) is 7.11 Å². The van der Waals surface area contributed by atoms with Crippen LogP contribution in [0.1, 0.15) is 36.9 Å². The quantitative estimate of drug-likeness (QED) is 0.857. The van der Waals surface area contributed by atoms with Crippen molar-refractivity contribution >= 4 is 5.78 Å². The number of allylic oxidation sites excluding steroid dienone is 1. The van der Waals surface area contributed by atoms with Crippen LogP contribution in [0, 0.1) is 22.6 Å². The van der Waals surface area contributed by atoms with Gasteiger partial charge in [0.15, 0.2) is 5.78 Å². The van der Waals surface area contributed by atoms with E-state index in [2.05, 4.69) is 4.98 Å². The van der Waals surface area contributed by atoms with Crippen LogP contribution < -0.4 is 0 Å². The van der Waals surface area contributed by atoms with E-state index in [1.165, 1.54) is 13.2 Å². The first-order chi connectivity index (χ1) is 10.9. The van der Waals surface area contributed by atoms with Gasteiger partial charge >= 0.3 is 0 Å². The summed E-state index contributed by atoms with van der Waals surface area (Å²) >= 11 is 0. The molecule has 1 unspecified atom stereocenters. The van der Waals surface area contributed by atoms with Crippen molar-refractivity contribution in [3.8, 4) is 6.07 Å². The lowest BCUT2D eigenvalue weighted by molar-refractivity contribution is -0.124. The molecule has 7 heteroatoms. The number of nitrogens with zero attached hydrogens (tertiary/aromatic N) is 2. The Morgan fingerprint density at radius 3 is 2.65 bits per heavy atom. The number of ether oxygens (including phenoxy) is 1. The Balaban J connectivity index is 2.22. The molecule has 1 aromatic heterocycles. The highest BCUT2D eigenvalue weighted by atomic mass is 19.3. The van der Waals surface area contributed by atoms with Crippen molar-refractivity contribution in [3.63, 3.8) is 0 Å². The molecule has 0 aliphatic heterocycles. The Bertz CT molecular complexity index is 750. The van der Waals surface area contributed by atoms with Crippen LogP contribution in [0.5, 0.6) is 0 Å². The van der Waals surface area contributed by atoms with E-state index in [0.29, 0.717) is 18.9 Å². The van der Waals surface area contributed by atoms with E-state index in [-0.39, 0.29) is 23.5 Å². The van der Waals surface area contributed by atoms with Gasteiger partial charge in [-0.1, -0.05) is 0 Å². The van der Waals surface area contributed by atoms with Crippen LogP contribution in [0.25, 0.3) is 0 Å². The highest BCUT2D eigenvalue weighted by Gasteiger charge is 2.59. The number of methoxy groups -OCH3 is 1. The number of hydrogen-bond acceptors (Lipinski definition) is 4. The van der Waals surface area contributed by atoms with E-state index >= 15 is 0 Å². The summed E-state index contributed by atoms with van der Waals surface area (Å²) in [5, 5.41) is 9.20. The summed E-state index contributed by atoms with van der Waals surface area (Å²) in [5.74, 6) is -1.17. The predicted octanol–water partition coefficient (Wildman–Crippen LogP) is 3.20. The summed E-state index contributed by atoms with van der Waals surface area (Å²) in [6.45, 7) is 0. The first-order valence-electron chi connectivity index (χ1n) is 7.04. The van der Waals surface area contributed by atoms with E-state index in [1.807, 2.05) is 6.07 Å². The van der Waals surface area contributed by atoms with Crippen molar-refractivity contribution in [1.29, 1.82) is 5.26 Å². The van der Waals surface area contributed by atoms with Gasteiger partial charge in [-0.05, 0) is 31.4 Å². The maximum atomic E-state index is 13.3. The Hall–Kier alpha value is -2.20. The van der Waals surface area contributed by atoms with Crippen molar-refractivity contribution in [2.45, 2.75) is 31.3 Å². The summed E-state index contributed by atoms with van der Waals surface area (Å²) in [6.07, 6.45) is 0.385. The van der Waals surface area contributed by atoms with E-state index in [9.17, 15) is 23.2 Å². The van der Waals surface area contributed by atoms with E-state index in [0.717, 1.165) is 6.20 Å². The van der Waals surface area contributed by atoms with Crippen LogP contribution in [0.2, 0.25) is 0 Å². The zero-order valence-corrected chi connectivity index (χ0v) is 12.3. The van der Waals surface area contributed by atoms with Gasteiger partial charge < -0.3 is 4.74 Å². The summed E-state index contributed by atoms with van der Waals surface area (Å²) in [7, 11) is 1.30. The normalized spacial score (nSPS) is 25.4. The molecule has 3 rings (SSSR count). The predicted molar refractivity (Wildman–Crippen MR) is 72.8 cm³/mol. The topological polar surface area (TPSA) is 63.0 Å². The Morgan fingerprint density at radius 1 is 1.43 bits per heavy atom. The second kappa shape index (κ2) is 5.17. The van der Waals surface area contributed by atoms with Gasteiger partial charge in [0, 0.05) is 18.1 Å². The number of nitriles is 1.